The molecular weight excluding hydrogens is 208 g/mol. The maximum atomic E-state index is 10.9. The zero-order valence-electron chi connectivity index (χ0n) is 8.45. The smallest absolute Gasteiger partial charge is 0.354 e. The Morgan fingerprint density at radius 3 is 2.56 bits per heavy atom. The molecule has 6 heteroatoms. The molecule has 80 valence electrons. The zero-order chi connectivity index (χ0) is 11.5. The van der Waals surface area contributed by atoms with Crippen molar-refractivity contribution in [2.45, 2.75) is 6.92 Å². The van der Waals surface area contributed by atoms with E-state index >= 15 is 0 Å². The summed E-state index contributed by atoms with van der Waals surface area (Å²) < 4.78 is 0. The minimum absolute atomic E-state index is 0.00569. The lowest BCUT2D eigenvalue weighted by atomic mass is 10.2. The van der Waals surface area contributed by atoms with Gasteiger partial charge in [-0.3, -0.25) is 0 Å². The number of carbonyl (C=O) groups is 1. The predicted octanol–water partition coefficient (Wildman–Crippen LogP) is 0.940. The molecule has 0 fully saturated rings. The third kappa shape index (κ3) is 1.85. The Hall–Kier alpha value is -2.37. The van der Waals surface area contributed by atoms with Gasteiger partial charge in [-0.15, -0.1) is 0 Å². The van der Waals surface area contributed by atoms with Gasteiger partial charge in [-0.1, -0.05) is 0 Å². The fourth-order valence-electron chi connectivity index (χ4n) is 1.21. The maximum absolute atomic E-state index is 10.9. The van der Waals surface area contributed by atoms with E-state index < -0.39 is 5.97 Å². The van der Waals surface area contributed by atoms with Crippen molar-refractivity contribution in [3.05, 3.63) is 36.2 Å². The molecule has 0 radical (unpaired) electrons. The highest BCUT2D eigenvalue weighted by molar-refractivity contribution is 5.87. The highest BCUT2D eigenvalue weighted by atomic mass is 16.4. The van der Waals surface area contributed by atoms with Crippen LogP contribution in [0.3, 0.4) is 0 Å². The summed E-state index contributed by atoms with van der Waals surface area (Å²) in [4.78, 5) is 26.5. The van der Waals surface area contributed by atoms with Gasteiger partial charge in [0.1, 0.15) is 6.33 Å². The summed E-state index contributed by atoms with van der Waals surface area (Å²) in [5, 5.41) is 8.92. The third-order valence-electron chi connectivity index (χ3n) is 1.99. The summed E-state index contributed by atoms with van der Waals surface area (Å²) in [6.07, 6.45) is 5.92. The van der Waals surface area contributed by atoms with Crippen molar-refractivity contribution in [3.8, 4) is 11.4 Å². The van der Waals surface area contributed by atoms with E-state index in [9.17, 15) is 4.79 Å². The largest absolute Gasteiger partial charge is 0.477 e. The second kappa shape index (κ2) is 4.01. The van der Waals surface area contributed by atoms with Gasteiger partial charge in [-0.05, 0) is 6.92 Å². The van der Waals surface area contributed by atoms with E-state index in [-0.39, 0.29) is 5.69 Å². The predicted molar refractivity (Wildman–Crippen MR) is 54.8 cm³/mol. The van der Waals surface area contributed by atoms with Gasteiger partial charge >= 0.3 is 5.97 Å². The molecule has 2 rings (SSSR count). The Morgan fingerprint density at radius 2 is 1.94 bits per heavy atom. The highest BCUT2D eigenvalue weighted by Gasteiger charge is 2.11. The molecule has 0 saturated carbocycles. The average Bonchev–Trinajstić information content (AvgIpc) is 2.30. The van der Waals surface area contributed by atoms with E-state index in [0.29, 0.717) is 17.0 Å². The summed E-state index contributed by atoms with van der Waals surface area (Å²) >= 11 is 0. The summed E-state index contributed by atoms with van der Waals surface area (Å²) in [7, 11) is 0. The second-order valence-electron chi connectivity index (χ2n) is 3.16. The standard InChI is InChI=1S/C10H8N4O2/c1-6-2-13-9(14-8(6)10(15)16)7-3-11-5-12-4-7/h2-5H,1H3,(H,15,16). The van der Waals surface area contributed by atoms with Gasteiger partial charge < -0.3 is 5.11 Å². The van der Waals surface area contributed by atoms with Crippen LogP contribution >= 0.6 is 0 Å². The van der Waals surface area contributed by atoms with Crippen LogP contribution < -0.4 is 0 Å². The third-order valence-corrected chi connectivity index (χ3v) is 1.99. The molecule has 2 aromatic rings. The summed E-state index contributed by atoms with van der Waals surface area (Å²) in [6, 6.07) is 0. The number of aromatic carboxylic acids is 1. The summed E-state index contributed by atoms with van der Waals surface area (Å²) in [6.45, 7) is 1.65. The first-order valence-corrected chi connectivity index (χ1v) is 4.51. The molecule has 0 unspecified atom stereocenters. The van der Waals surface area contributed by atoms with Gasteiger partial charge in [0.2, 0.25) is 0 Å². The average molecular weight is 216 g/mol. The van der Waals surface area contributed by atoms with Crippen molar-refractivity contribution in [3.63, 3.8) is 0 Å². The van der Waals surface area contributed by atoms with Crippen LogP contribution in [0, 0.1) is 6.92 Å². The topological polar surface area (TPSA) is 88.9 Å². The zero-order valence-corrected chi connectivity index (χ0v) is 8.45. The van der Waals surface area contributed by atoms with Gasteiger partial charge in [-0.2, -0.15) is 0 Å². The molecular formula is C10H8N4O2. The molecule has 0 spiro atoms. The molecule has 0 amide bonds. The van der Waals surface area contributed by atoms with Crippen molar-refractivity contribution in [1.29, 1.82) is 0 Å². The summed E-state index contributed by atoms with van der Waals surface area (Å²) in [5.41, 5.74) is 1.10. The van der Waals surface area contributed by atoms with E-state index in [1.54, 1.807) is 6.92 Å². The number of hydrogen-bond donors (Lipinski definition) is 1. The molecule has 0 aromatic carbocycles. The van der Waals surface area contributed by atoms with E-state index in [1.807, 2.05) is 0 Å². The second-order valence-corrected chi connectivity index (χ2v) is 3.16. The number of carboxylic acids is 1. The quantitative estimate of drug-likeness (QED) is 0.803. The number of aromatic nitrogens is 4. The Labute approximate surface area is 91.1 Å². The molecule has 0 aliphatic carbocycles. The van der Waals surface area contributed by atoms with E-state index in [2.05, 4.69) is 19.9 Å². The number of nitrogens with zero attached hydrogens (tertiary/aromatic N) is 4. The van der Waals surface area contributed by atoms with Crippen molar-refractivity contribution >= 4 is 5.97 Å². The normalized spacial score (nSPS) is 10.1. The van der Waals surface area contributed by atoms with Gasteiger partial charge in [0.25, 0.3) is 0 Å². The van der Waals surface area contributed by atoms with Crippen LogP contribution in [0.15, 0.2) is 24.9 Å². The van der Waals surface area contributed by atoms with Crippen LogP contribution in [0.5, 0.6) is 0 Å². The Kier molecular flexibility index (Phi) is 2.55. The van der Waals surface area contributed by atoms with Crippen LogP contribution in [0.2, 0.25) is 0 Å². The van der Waals surface area contributed by atoms with Crippen LogP contribution in [0.4, 0.5) is 0 Å². The molecule has 0 bridgehead atoms. The molecule has 0 saturated heterocycles. The molecule has 2 heterocycles. The highest BCUT2D eigenvalue weighted by Crippen LogP contribution is 2.13. The van der Waals surface area contributed by atoms with Crippen LogP contribution in [0.25, 0.3) is 11.4 Å². The van der Waals surface area contributed by atoms with E-state index in [4.69, 9.17) is 5.11 Å². The Morgan fingerprint density at radius 1 is 1.25 bits per heavy atom. The van der Waals surface area contributed by atoms with Gasteiger partial charge in [0.15, 0.2) is 11.5 Å². The fourth-order valence-corrected chi connectivity index (χ4v) is 1.21. The first-order chi connectivity index (χ1) is 7.68. The number of carboxylic acid groups (broad SMARTS) is 1. The summed E-state index contributed by atoms with van der Waals surface area (Å²) in [5.74, 6) is -0.762. The molecule has 2 aromatic heterocycles. The van der Waals surface area contributed by atoms with Crippen molar-refractivity contribution < 1.29 is 9.90 Å². The Bertz CT molecular complexity index is 528. The van der Waals surface area contributed by atoms with Crippen molar-refractivity contribution in [2.24, 2.45) is 0 Å². The first-order valence-electron chi connectivity index (χ1n) is 4.51. The number of rotatable bonds is 2. The Balaban J connectivity index is 2.52. The number of aryl methyl sites for hydroxylation is 1. The SMILES string of the molecule is Cc1cnc(-c2cncnc2)nc1C(=O)O. The van der Waals surface area contributed by atoms with Crippen molar-refractivity contribution in [2.75, 3.05) is 0 Å². The minimum atomic E-state index is -1.07. The van der Waals surface area contributed by atoms with Crippen LogP contribution in [-0.2, 0) is 0 Å². The van der Waals surface area contributed by atoms with Crippen molar-refractivity contribution in [1.82, 2.24) is 19.9 Å². The molecule has 0 aliphatic heterocycles. The molecule has 1 N–H and O–H groups in total. The number of hydrogen-bond acceptors (Lipinski definition) is 5. The van der Waals surface area contributed by atoms with E-state index in [0.717, 1.165) is 0 Å². The molecule has 0 atom stereocenters. The molecule has 6 nitrogen and oxygen atoms in total. The molecule has 0 aliphatic rings. The molecule has 16 heavy (non-hydrogen) atoms. The van der Waals surface area contributed by atoms with Gasteiger partial charge in [0.05, 0.1) is 5.56 Å². The monoisotopic (exact) mass is 216 g/mol. The lowest BCUT2D eigenvalue weighted by molar-refractivity contribution is 0.0689. The minimum Gasteiger partial charge on any atom is -0.477 e. The lowest BCUT2D eigenvalue weighted by Crippen LogP contribution is -2.06. The maximum Gasteiger partial charge on any atom is 0.354 e. The lowest BCUT2D eigenvalue weighted by Gasteiger charge is -2.02. The van der Waals surface area contributed by atoms with Gasteiger partial charge in [-0.25, -0.2) is 24.7 Å². The van der Waals surface area contributed by atoms with Crippen LogP contribution in [0.1, 0.15) is 16.1 Å². The fraction of sp³-hybridized carbons (Fsp3) is 0.100. The first kappa shape index (κ1) is 10.2. The van der Waals surface area contributed by atoms with E-state index in [1.165, 1.54) is 24.9 Å². The van der Waals surface area contributed by atoms with Gasteiger partial charge in [0, 0.05) is 24.2 Å². The van der Waals surface area contributed by atoms with Crippen LogP contribution in [-0.4, -0.2) is 31.0 Å².